The van der Waals surface area contributed by atoms with Crippen LogP contribution in [0.1, 0.15) is 0 Å². The first-order chi connectivity index (χ1) is 4.45. The van der Waals surface area contributed by atoms with Crippen LogP contribution in [0.15, 0.2) is 12.3 Å². The first-order valence-corrected chi connectivity index (χ1v) is 3.04. The Morgan fingerprint density at radius 2 is 1.82 bits per heavy atom. The second-order valence-electron chi connectivity index (χ2n) is 2.96. The number of carbonyl (C=O) groups is 1. The Labute approximate surface area is 78.0 Å². The average molecular weight is 224 g/mol. The van der Waals surface area contributed by atoms with Crippen molar-refractivity contribution in [2.45, 2.75) is 0 Å². The number of hydrogen-bond acceptors (Lipinski definition) is 2. The molecule has 0 saturated carbocycles. The van der Waals surface area contributed by atoms with Gasteiger partial charge >= 0.3 is 5.97 Å². The van der Waals surface area contributed by atoms with Crippen LogP contribution in [0.25, 0.3) is 0 Å². The molecule has 0 aromatic rings. The van der Waals surface area contributed by atoms with Gasteiger partial charge in [0.15, 0.2) is 0 Å². The molecule has 0 heterocycles. The molecule has 0 aliphatic carbocycles. The largest absolute Gasteiger partial charge is 1.00 e. The number of nitrogens with zero attached hydrogens (tertiary/aromatic N) is 1. The summed E-state index contributed by atoms with van der Waals surface area (Å²) in [5.74, 6) is -0.312. The fourth-order valence-electron chi connectivity index (χ4n) is 0.353. The molecule has 0 bridgehead atoms. The summed E-state index contributed by atoms with van der Waals surface area (Å²) in [4.78, 5) is 10.5. The molecule has 3 nitrogen and oxygen atoms in total. The van der Waals surface area contributed by atoms with Crippen molar-refractivity contribution in [1.29, 1.82) is 0 Å². The third-order valence-corrected chi connectivity index (χ3v) is 0.859. The maximum absolute atomic E-state index is 10.5. The van der Waals surface area contributed by atoms with Crippen molar-refractivity contribution in [2.75, 3.05) is 28.3 Å². The molecule has 0 N–H and O–H groups in total. The third-order valence-electron chi connectivity index (χ3n) is 0.859. The van der Waals surface area contributed by atoms with Gasteiger partial charge < -0.3 is 26.2 Å². The summed E-state index contributed by atoms with van der Waals surface area (Å²) in [6.45, 7) is 0. The highest BCUT2D eigenvalue weighted by atomic mass is 79.9. The standard InChI is InChI=1S/C7H14NO2.BrH/c1-8(2,3)6-5-7(9)10-4;/h5-6H,1-4H3;1H/q+1;/p-1/b6-5-;. The summed E-state index contributed by atoms with van der Waals surface area (Å²) in [5, 5.41) is 0. The summed E-state index contributed by atoms with van der Waals surface area (Å²) in [5.41, 5.74) is 0. The van der Waals surface area contributed by atoms with E-state index >= 15 is 0 Å². The number of carbonyl (C=O) groups excluding carboxylic acids is 1. The molecule has 11 heavy (non-hydrogen) atoms. The fraction of sp³-hybridized carbons (Fsp3) is 0.571. The van der Waals surface area contributed by atoms with E-state index in [1.54, 1.807) is 6.20 Å². The molecule has 0 aliphatic heterocycles. The minimum atomic E-state index is -0.312. The summed E-state index contributed by atoms with van der Waals surface area (Å²) < 4.78 is 5.03. The van der Waals surface area contributed by atoms with Gasteiger partial charge in [-0.15, -0.1) is 0 Å². The number of hydrogen-bond donors (Lipinski definition) is 0. The van der Waals surface area contributed by atoms with Crippen LogP contribution in [0.3, 0.4) is 0 Å². The van der Waals surface area contributed by atoms with Gasteiger partial charge in [-0.1, -0.05) is 0 Å². The van der Waals surface area contributed by atoms with Crippen molar-refractivity contribution >= 4 is 5.97 Å². The minimum Gasteiger partial charge on any atom is -1.00 e. The second-order valence-corrected chi connectivity index (χ2v) is 2.96. The first-order valence-electron chi connectivity index (χ1n) is 3.04. The molecule has 4 heteroatoms. The Morgan fingerprint density at radius 3 is 2.09 bits per heavy atom. The summed E-state index contributed by atoms with van der Waals surface area (Å²) >= 11 is 0. The van der Waals surface area contributed by atoms with Crippen LogP contribution in [0.4, 0.5) is 0 Å². The van der Waals surface area contributed by atoms with Gasteiger partial charge in [-0.05, 0) is 0 Å². The van der Waals surface area contributed by atoms with Crippen molar-refractivity contribution in [3.8, 4) is 0 Å². The van der Waals surface area contributed by atoms with Crippen LogP contribution in [-0.4, -0.2) is 38.7 Å². The van der Waals surface area contributed by atoms with Gasteiger partial charge in [-0.3, -0.25) is 0 Å². The van der Waals surface area contributed by atoms with E-state index in [1.165, 1.54) is 13.2 Å². The molecule has 0 saturated heterocycles. The zero-order chi connectivity index (χ0) is 8.20. The lowest BCUT2D eigenvalue weighted by molar-refractivity contribution is -0.817. The SMILES string of the molecule is COC(=O)/C=C\[N+](C)(C)C.[Br-]. The van der Waals surface area contributed by atoms with Crippen LogP contribution in [0, 0.1) is 0 Å². The number of methoxy groups -OCH3 is 1. The predicted molar refractivity (Wildman–Crippen MR) is 39.2 cm³/mol. The Bertz CT molecular complexity index is 149. The van der Waals surface area contributed by atoms with Gasteiger partial charge in [0.25, 0.3) is 0 Å². The highest BCUT2D eigenvalue weighted by Crippen LogP contribution is 1.91. The lowest BCUT2D eigenvalue weighted by Gasteiger charge is -2.16. The topological polar surface area (TPSA) is 26.3 Å². The maximum atomic E-state index is 10.5. The van der Waals surface area contributed by atoms with E-state index in [4.69, 9.17) is 0 Å². The smallest absolute Gasteiger partial charge is 0.335 e. The van der Waals surface area contributed by atoms with Crippen LogP contribution in [0.5, 0.6) is 0 Å². The minimum absolute atomic E-state index is 0. The highest BCUT2D eigenvalue weighted by Gasteiger charge is 2.01. The van der Waals surface area contributed by atoms with E-state index in [2.05, 4.69) is 4.74 Å². The molecule has 0 aromatic carbocycles. The summed E-state index contributed by atoms with van der Waals surface area (Å²) in [7, 11) is 7.24. The Kier molecular flexibility index (Phi) is 6.41. The van der Waals surface area contributed by atoms with Crippen LogP contribution in [-0.2, 0) is 9.53 Å². The number of esters is 1. The number of halogens is 1. The molecule has 0 spiro atoms. The molecule has 66 valence electrons. The van der Waals surface area contributed by atoms with Gasteiger partial charge in [0.1, 0.15) is 6.20 Å². The molecule has 0 aliphatic rings. The molecule has 0 aromatic heterocycles. The maximum Gasteiger partial charge on any atom is 0.335 e. The van der Waals surface area contributed by atoms with Crippen molar-refractivity contribution in [3.63, 3.8) is 0 Å². The van der Waals surface area contributed by atoms with Gasteiger partial charge in [-0.2, -0.15) is 0 Å². The van der Waals surface area contributed by atoms with Crippen molar-refractivity contribution in [2.24, 2.45) is 0 Å². The van der Waals surface area contributed by atoms with Crippen LogP contribution >= 0.6 is 0 Å². The zero-order valence-corrected chi connectivity index (χ0v) is 8.88. The molecule has 0 unspecified atom stereocenters. The zero-order valence-electron chi connectivity index (χ0n) is 7.30. The normalized spacial score (nSPS) is 10.9. The molecule has 0 radical (unpaired) electrons. The molecular formula is C7H14BrNO2. The van der Waals surface area contributed by atoms with Gasteiger partial charge in [-0.25, -0.2) is 4.79 Å². The van der Waals surface area contributed by atoms with E-state index in [9.17, 15) is 4.79 Å². The lowest BCUT2D eigenvalue weighted by atomic mass is 10.5. The summed E-state index contributed by atoms with van der Waals surface area (Å²) in [6.07, 6.45) is 3.17. The van der Waals surface area contributed by atoms with E-state index in [1.807, 2.05) is 21.1 Å². The van der Waals surface area contributed by atoms with Crippen molar-refractivity contribution in [1.82, 2.24) is 0 Å². The van der Waals surface area contributed by atoms with Crippen molar-refractivity contribution < 1.29 is 31.0 Å². The average Bonchev–Trinajstić information content (AvgIpc) is 1.81. The third kappa shape index (κ3) is 9.65. The van der Waals surface area contributed by atoms with Crippen LogP contribution < -0.4 is 17.0 Å². The van der Waals surface area contributed by atoms with Gasteiger partial charge in [0, 0.05) is 0 Å². The van der Waals surface area contributed by atoms with E-state index < -0.39 is 0 Å². The summed E-state index contributed by atoms with van der Waals surface area (Å²) in [6, 6.07) is 0. The Morgan fingerprint density at radius 1 is 1.36 bits per heavy atom. The van der Waals surface area contributed by atoms with Crippen molar-refractivity contribution in [3.05, 3.63) is 12.3 Å². The number of quaternary nitrogens is 1. The quantitative estimate of drug-likeness (QED) is 0.292. The second kappa shape index (κ2) is 5.32. The van der Waals surface area contributed by atoms with Gasteiger partial charge in [0.05, 0.1) is 34.3 Å². The highest BCUT2D eigenvalue weighted by molar-refractivity contribution is 5.81. The van der Waals surface area contributed by atoms with Crippen LogP contribution in [0.2, 0.25) is 0 Å². The Hall–Kier alpha value is -0.350. The predicted octanol–water partition coefficient (Wildman–Crippen LogP) is -2.62. The molecular weight excluding hydrogens is 210 g/mol. The monoisotopic (exact) mass is 223 g/mol. The van der Waals surface area contributed by atoms with E-state index in [0.717, 1.165) is 0 Å². The molecule has 0 fully saturated rings. The first kappa shape index (κ1) is 13.3. The Balaban J connectivity index is 0. The number of ether oxygens (including phenoxy) is 1. The van der Waals surface area contributed by atoms with E-state index in [-0.39, 0.29) is 23.0 Å². The molecule has 0 amide bonds. The van der Waals surface area contributed by atoms with Gasteiger partial charge in [0.2, 0.25) is 0 Å². The molecule has 0 rings (SSSR count). The lowest BCUT2D eigenvalue weighted by Crippen LogP contribution is -3.00. The molecule has 0 atom stereocenters. The van der Waals surface area contributed by atoms with E-state index in [0.29, 0.717) is 4.48 Å². The number of rotatable bonds is 2. The fourth-order valence-corrected chi connectivity index (χ4v) is 0.353.